The van der Waals surface area contributed by atoms with Crippen molar-refractivity contribution in [1.29, 1.82) is 5.26 Å². The normalized spacial score (nSPS) is 10.5. The molecule has 0 unspecified atom stereocenters. The van der Waals surface area contributed by atoms with Gasteiger partial charge >= 0.3 is 0 Å². The lowest BCUT2D eigenvalue weighted by Crippen LogP contribution is -2.42. The summed E-state index contributed by atoms with van der Waals surface area (Å²) in [6.45, 7) is 1.58. The number of furan rings is 1. The van der Waals surface area contributed by atoms with Crippen molar-refractivity contribution < 1.29 is 14.0 Å². The predicted octanol–water partition coefficient (Wildman–Crippen LogP) is 2.87. The molecule has 0 aliphatic heterocycles. The highest BCUT2D eigenvalue weighted by Gasteiger charge is 2.25. The molecule has 2 N–H and O–H groups in total. The van der Waals surface area contributed by atoms with Gasteiger partial charge in [-0.2, -0.15) is 5.26 Å². The van der Waals surface area contributed by atoms with Crippen molar-refractivity contribution in [2.24, 2.45) is 0 Å². The first-order valence-electron chi connectivity index (χ1n) is 8.72. The lowest BCUT2D eigenvalue weighted by molar-refractivity contribution is 0.0843. The van der Waals surface area contributed by atoms with Crippen LogP contribution >= 0.6 is 0 Å². The Morgan fingerprint density at radius 3 is 2.52 bits per heavy atom. The van der Waals surface area contributed by atoms with E-state index in [4.69, 9.17) is 4.42 Å². The van der Waals surface area contributed by atoms with E-state index in [1.165, 1.54) is 0 Å². The summed E-state index contributed by atoms with van der Waals surface area (Å²) in [6.07, 6.45) is 3.40. The third kappa shape index (κ3) is 3.33. The molecule has 8 nitrogen and oxygen atoms in total. The van der Waals surface area contributed by atoms with Gasteiger partial charge in [0.2, 0.25) is 5.88 Å². The number of rotatable bonds is 3. The molecule has 0 spiro atoms. The Labute approximate surface area is 165 Å². The lowest BCUT2D eigenvalue weighted by atomic mass is 10.1. The van der Waals surface area contributed by atoms with Crippen molar-refractivity contribution in [3.8, 4) is 12.0 Å². The van der Waals surface area contributed by atoms with Gasteiger partial charge in [-0.15, -0.1) is 0 Å². The summed E-state index contributed by atoms with van der Waals surface area (Å²) >= 11 is 0. The highest BCUT2D eigenvalue weighted by atomic mass is 16.4. The number of pyridine rings is 1. The Kier molecular flexibility index (Phi) is 4.55. The van der Waals surface area contributed by atoms with E-state index >= 15 is 0 Å². The fourth-order valence-electron chi connectivity index (χ4n) is 2.99. The highest BCUT2D eigenvalue weighted by Crippen LogP contribution is 2.25. The van der Waals surface area contributed by atoms with Crippen LogP contribution in [0.25, 0.3) is 16.8 Å². The average Bonchev–Trinajstić information content (AvgIpc) is 3.38. The maximum Gasteiger partial charge on any atom is 0.288 e. The van der Waals surface area contributed by atoms with Crippen molar-refractivity contribution >= 4 is 22.7 Å². The van der Waals surface area contributed by atoms with E-state index in [-0.39, 0.29) is 28.5 Å². The highest BCUT2D eigenvalue weighted by molar-refractivity contribution is 6.01. The van der Waals surface area contributed by atoms with Crippen molar-refractivity contribution in [3.05, 3.63) is 83.5 Å². The smallest absolute Gasteiger partial charge is 0.288 e. The number of hydrogen-bond acceptors (Lipinski definition) is 5. The number of aryl methyl sites for hydroxylation is 1. The Bertz CT molecular complexity index is 1270. The van der Waals surface area contributed by atoms with Gasteiger partial charge in [0.1, 0.15) is 28.7 Å². The SMILES string of the molecule is Cc1oc(-n2cccc2)c(C#N)c1C(=O)NNC(=O)c1ccc2ccccc2n1. The molecule has 8 heteroatoms. The molecular formula is C21H15N5O3. The molecule has 0 radical (unpaired) electrons. The van der Waals surface area contributed by atoms with Gasteiger partial charge in [0.15, 0.2) is 0 Å². The summed E-state index contributed by atoms with van der Waals surface area (Å²) in [5, 5.41) is 10.4. The van der Waals surface area contributed by atoms with Crippen LogP contribution in [0.5, 0.6) is 0 Å². The topological polar surface area (TPSA) is 113 Å². The quantitative estimate of drug-likeness (QED) is 0.527. The van der Waals surface area contributed by atoms with E-state index in [1.807, 2.05) is 24.3 Å². The Morgan fingerprint density at radius 1 is 1.03 bits per heavy atom. The maximum atomic E-state index is 12.6. The third-order valence-electron chi connectivity index (χ3n) is 4.36. The minimum atomic E-state index is -0.657. The number of nitrogens with zero attached hydrogens (tertiary/aromatic N) is 3. The van der Waals surface area contributed by atoms with Gasteiger partial charge in [-0.1, -0.05) is 24.3 Å². The second kappa shape index (κ2) is 7.32. The predicted molar refractivity (Wildman–Crippen MR) is 104 cm³/mol. The van der Waals surface area contributed by atoms with Crippen LogP contribution in [0.3, 0.4) is 0 Å². The molecule has 3 heterocycles. The summed E-state index contributed by atoms with van der Waals surface area (Å²) in [7, 11) is 0. The van der Waals surface area contributed by atoms with E-state index in [2.05, 4.69) is 15.8 Å². The molecule has 0 saturated carbocycles. The molecule has 2 amide bonds. The molecule has 0 aliphatic carbocycles. The molecular weight excluding hydrogens is 370 g/mol. The van der Waals surface area contributed by atoms with E-state index < -0.39 is 11.8 Å². The Hall–Kier alpha value is -4.38. The van der Waals surface area contributed by atoms with Crippen LogP contribution in [0.1, 0.15) is 32.2 Å². The molecule has 0 atom stereocenters. The van der Waals surface area contributed by atoms with E-state index in [0.717, 1.165) is 5.39 Å². The van der Waals surface area contributed by atoms with Gasteiger partial charge in [-0.3, -0.25) is 25.0 Å². The average molecular weight is 385 g/mol. The number of aromatic nitrogens is 2. The molecule has 0 fully saturated rings. The summed E-state index contributed by atoms with van der Waals surface area (Å²) in [4.78, 5) is 29.3. The Morgan fingerprint density at radius 2 is 1.76 bits per heavy atom. The second-order valence-corrected chi connectivity index (χ2v) is 6.21. The van der Waals surface area contributed by atoms with Crippen molar-refractivity contribution in [2.75, 3.05) is 0 Å². The van der Waals surface area contributed by atoms with Gasteiger partial charge < -0.3 is 4.42 Å². The zero-order valence-electron chi connectivity index (χ0n) is 15.3. The molecule has 0 bridgehead atoms. The minimum Gasteiger partial charge on any atom is -0.443 e. The standard InChI is InChI=1S/C21H15N5O3/c1-13-18(15(12-22)21(29-13)26-10-4-5-11-26)20(28)25-24-19(27)17-9-8-14-6-2-3-7-16(14)23-17/h2-11H,1H3,(H,24,27)(H,25,28). The fourth-order valence-corrected chi connectivity index (χ4v) is 2.99. The first-order chi connectivity index (χ1) is 14.1. The molecule has 4 aromatic rings. The Balaban J connectivity index is 1.54. The first kappa shape index (κ1) is 18.0. The zero-order chi connectivity index (χ0) is 20.4. The zero-order valence-corrected chi connectivity index (χ0v) is 15.3. The van der Waals surface area contributed by atoms with Crippen LogP contribution in [0.2, 0.25) is 0 Å². The largest absolute Gasteiger partial charge is 0.443 e. The van der Waals surface area contributed by atoms with Crippen LogP contribution in [0.15, 0.2) is 65.3 Å². The van der Waals surface area contributed by atoms with Crippen LogP contribution in [0, 0.1) is 18.3 Å². The monoisotopic (exact) mass is 385 g/mol. The first-order valence-corrected chi connectivity index (χ1v) is 8.72. The maximum absolute atomic E-state index is 12.6. The molecule has 3 aromatic heterocycles. The second-order valence-electron chi connectivity index (χ2n) is 6.21. The molecule has 4 rings (SSSR count). The number of hydrogen-bond donors (Lipinski definition) is 2. The summed E-state index contributed by atoms with van der Waals surface area (Å²) in [6, 6.07) is 16.3. The third-order valence-corrected chi connectivity index (χ3v) is 4.36. The van der Waals surface area contributed by atoms with Gasteiger partial charge in [-0.25, -0.2) is 4.98 Å². The van der Waals surface area contributed by atoms with Crippen LogP contribution in [-0.4, -0.2) is 21.4 Å². The number of nitrogens with one attached hydrogen (secondary N) is 2. The molecule has 1 aromatic carbocycles. The summed E-state index contributed by atoms with van der Waals surface area (Å²) in [5.41, 5.74) is 5.60. The fraction of sp³-hybridized carbons (Fsp3) is 0.0476. The summed E-state index contributed by atoms with van der Waals surface area (Å²) in [5.74, 6) is -0.728. The molecule has 0 saturated heterocycles. The van der Waals surface area contributed by atoms with Crippen LogP contribution in [0.4, 0.5) is 0 Å². The van der Waals surface area contributed by atoms with Crippen molar-refractivity contribution in [2.45, 2.75) is 6.92 Å². The van der Waals surface area contributed by atoms with Gasteiger partial charge in [0.25, 0.3) is 11.8 Å². The number of hydrazine groups is 1. The number of carbonyl (C=O) groups excluding carboxylic acids is 2. The summed E-state index contributed by atoms with van der Waals surface area (Å²) < 4.78 is 7.19. The van der Waals surface area contributed by atoms with Gasteiger partial charge in [-0.05, 0) is 31.2 Å². The molecule has 142 valence electrons. The van der Waals surface area contributed by atoms with E-state index in [0.29, 0.717) is 5.52 Å². The van der Waals surface area contributed by atoms with Crippen molar-refractivity contribution in [3.63, 3.8) is 0 Å². The number of carbonyl (C=O) groups is 2. The number of nitriles is 1. The molecule has 0 aliphatic rings. The van der Waals surface area contributed by atoms with E-state index in [1.54, 1.807) is 54.2 Å². The molecule has 29 heavy (non-hydrogen) atoms. The number of benzene rings is 1. The van der Waals surface area contributed by atoms with Crippen molar-refractivity contribution in [1.82, 2.24) is 20.4 Å². The van der Waals surface area contributed by atoms with Gasteiger partial charge in [0, 0.05) is 17.8 Å². The lowest BCUT2D eigenvalue weighted by Gasteiger charge is -2.07. The van der Waals surface area contributed by atoms with Crippen LogP contribution in [-0.2, 0) is 0 Å². The van der Waals surface area contributed by atoms with Gasteiger partial charge in [0.05, 0.1) is 5.52 Å². The number of para-hydroxylation sites is 1. The van der Waals surface area contributed by atoms with Crippen LogP contribution < -0.4 is 10.9 Å². The van der Waals surface area contributed by atoms with E-state index in [9.17, 15) is 14.9 Å². The number of fused-ring (bicyclic) bond motifs is 1. The number of amides is 2. The minimum absolute atomic E-state index is 0.0583.